The van der Waals surface area contributed by atoms with Crippen LogP contribution in [0.4, 0.5) is 0 Å². The van der Waals surface area contributed by atoms with Crippen LogP contribution < -0.4 is 0 Å². The van der Waals surface area contributed by atoms with Crippen molar-refractivity contribution in [2.24, 2.45) is 0 Å². The van der Waals surface area contributed by atoms with Crippen molar-refractivity contribution >= 4 is 17.9 Å². The Labute approximate surface area is 497 Å². The molecule has 0 aromatic carbocycles. The van der Waals surface area contributed by atoms with Crippen molar-refractivity contribution in [3.8, 4) is 0 Å². The number of carbonyl (C=O) groups is 3. The molecule has 1 atom stereocenters. The molecule has 0 aliphatic rings. The van der Waals surface area contributed by atoms with Crippen molar-refractivity contribution in [2.45, 2.75) is 367 Å². The zero-order valence-electron chi connectivity index (χ0n) is 53.3. The number of carbonyl (C=O) groups excluding carboxylic acids is 3. The lowest BCUT2D eigenvalue weighted by Gasteiger charge is -2.18. The standard InChI is InChI=1S/C74H132O6/c1-4-7-10-13-16-19-22-25-28-31-33-34-35-36-37-38-39-40-41-44-46-49-52-55-58-61-64-67-73(76)79-70-71(69-78-72(75)66-63-60-57-54-51-48-45-42-30-27-24-21-18-15-12-9-6-3)80-74(77)68-65-62-59-56-53-50-47-43-32-29-26-23-20-17-14-11-8-5-2/h9,12,18,20-21,23,27,29-30,32,45,48,71H,4-8,10-11,13-17,19,22,24-26,28,31,33-44,46-47,49-70H2,1-3H3/b12-9-,21-18-,23-20-,30-27-,32-29-,48-45-. The van der Waals surface area contributed by atoms with E-state index >= 15 is 0 Å². The Morgan fingerprint density at radius 3 is 0.775 bits per heavy atom. The smallest absolute Gasteiger partial charge is 0.306 e. The van der Waals surface area contributed by atoms with Crippen LogP contribution in [0.2, 0.25) is 0 Å². The van der Waals surface area contributed by atoms with Gasteiger partial charge in [0.2, 0.25) is 0 Å². The van der Waals surface area contributed by atoms with Crippen molar-refractivity contribution in [2.75, 3.05) is 13.2 Å². The van der Waals surface area contributed by atoms with Gasteiger partial charge in [0.1, 0.15) is 13.2 Å². The van der Waals surface area contributed by atoms with Gasteiger partial charge in [-0.3, -0.25) is 14.4 Å². The fraction of sp³-hybridized carbons (Fsp3) is 0.797. The highest BCUT2D eigenvalue weighted by molar-refractivity contribution is 5.71. The van der Waals surface area contributed by atoms with Gasteiger partial charge in [-0.25, -0.2) is 0 Å². The lowest BCUT2D eigenvalue weighted by Crippen LogP contribution is -2.30. The second-order valence-corrected chi connectivity index (χ2v) is 23.4. The Balaban J connectivity index is 4.30. The van der Waals surface area contributed by atoms with Crippen molar-refractivity contribution in [3.05, 3.63) is 72.9 Å². The molecule has 6 heteroatoms. The second kappa shape index (κ2) is 68.3. The molecule has 0 aromatic heterocycles. The summed E-state index contributed by atoms with van der Waals surface area (Å²) in [4.78, 5) is 38.4. The molecule has 0 saturated carbocycles. The van der Waals surface area contributed by atoms with Crippen molar-refractivity contribution < 1.29 is 28.6 Å². The lowest BCUT2D eigenvalue weighted by molar-refractivity contribution is -0.167. The molecule has 0 amide bonds. The van der Waals surface area contributed by atoms with Crippen LogP contribution in [-0.2, 0) is 28.6 Å². The first-order chi connectivity index (χ1) is 39.5. The van der Waals surface area contributed by atoms with E-state index in [0.717, 1.165) is 109 Å². The van der Waals surface area contributed by atoms with Crippen molar-refractivity contribution in [1.82, 2.24) is 0 Å². The van der Waals surface area contributed by atoms with Crippen LogP contribution in [0.3, 0.4) is 0 Å². The maximum atomic E-state index is 12.9. The first-order valence-corrected chi connectivity index (χ1v) is 34.9. The summed E-state index contributed by atoms with van der Waals surface area (Å²) in [6, 6.07) is 0. The summed E-state index contributed by atoms with van der Waals surface area (Å²) in [7, 11) is 0. The van der Waals surface area contributed by atoms with Crippen LogP contribution in [0, 0.1) is 0 Å². The molecule has 0 heterocycles. The van der Waals surface area contributed by atoms with Gasteiger partial charge >= 0.3 is 17.9 Å². The number of rotatable bonds is 64. The summed E-state index contributed by atoms with van der Waals surface area (Å²) in [5.41, 5.74) is 0. The van der Waals surface area contributed by atoms with Crippen LogP contribution in [0.25, 0.3) is 0 Å². The fourth-order valence-electron chi connectivity index (χ4n) is 10.2. The molecule has 0 N–H and O–H groups in total. The quantitative estimate of drug-likeness (QED) is 0.0261. The van der Waals surface area contributed by atoms with E-state index in [9.17, 15) is 14.4 Å². The van der Waals surface area contributed by atoms with Gasteiger partial charge in [0.05, 0.1) is 0 Å². The molecule has 0 spiro atoms. The molecule has 0 aliphatic carbocycles. The largest absolute Gasteiger partial charge is 0.462 e. The Morgan fingerprint density at radius 1 is 0.263 bits per heavy atom. The van der Waals surface area contributed by atoms with Gasteiger partial charge in [-0.05, 0) is 89.9 Å². The van der Waals surface area contributed by atoms with E-state index in [-0.39, 0.29) is 31.1 Å². The predicted octanol–water partition coefficient (Wildman–Crippen LogP) is 24.1. The third kappa shape index (κ3) is 65.7. The first-order valence-electron chi connectivity index (χ1n) is 34.9. The molecule has 0 radical (unpaired) electrons. The molecule has 0 saturated heterocycles. The average molecular weight is 1120 g/mol. The normalized spacial score (nSPS) is 12.5. The first kappa shape index (κ1) is 76.9. The van der Waals surface area contributed by atoms with Gasteiger partial charge in [0.15, 0.2) is 6.10 Å². The van der Waals surface area contributed by atoms with E-state index in [4.69, 9.17) is 14.2 Å². The van der Waals surface area contributed by atoms with Gasteiger partial charge in [-0.2, -0.15) is 0 Å². The summed E-state index contributed by atoms with van der Waals surface area (Å²) < 4.78 is 17.0. The maximum absolute atomic E-state index is 12.9. The Kier molecular flexibility index (Phi) is 65.7. The SMILES string of the molecule is CC/C=C\C/C=C\C/C=C\C/C=C\CCCCCCC(=O)OCC(COC(=O)CCCCCCCCCCCCCCCCCCCCCCCCCCCCC)OC(=O)CCCCCCCCC/C=C\C/C=C\CCCCCC. The van der Waals surface area contributed by atoms with E-state index in [1.54, 1.807) is 0 Å². The van der Waals surface area contributed by atoms with E-state index in [2.05, 4.69) is 93.7 Å². The van der Waals surface area contributed by atoms with Gasteiger partial charge in [0, 0.05) is 19.3 Å². The highest BCUT2D eigenvalue weighted by atomic mass is 16.6. The van der Waals surface area contributed by atoms with Crippen LogP contribution in [0.1, 0.15) is 361 Å². The van der Waals surface area contributed by atoms with E-state index in [0.29, 0.717) is 19.3 Å². The van der Waals surface area contributed by atoms with E-state index in [1.165, 1.54) is 212 Å². The minimum Gasteiger partial charge on any atom is -0.462 e. The molecule has 0 bridgehead atoms. The van der Waals surface area contributed by atoms with Gasteiger partial charge < -0.3 is 14.2 Å². The summed E-state index contributed by atoms with van der Waals surface area (Å²) in [6.45, 7) is 6.54. The van der Waals surface area contributed by atoms with E-state index < -0.39 is 6.10 Å². The monoisotopic (exact) mass is 1120 g/mol. The zero-order chi connectivity index (χ0) is 57.8. The summed E-state index contributed by atoms with van der Waals surface area (Å²) in [5.74, 6) is -0.897. The molecule has 0 rings (SSSR count). The second-order valence-electron chi connectivity index (χ2n) is 23.4. The number of ether oxygens (including phenoxy) is 3. The van der Waals surface area contributed by atoms with Crippen molar-refractivity contribution in [1.29, 1.82) is 0 Å². The molecule has 1 unspecified atom stereocenters. The third-order valence-corrected chi connectivity index (χ3v) is 15.4. The molecular weight excluding hydrogens is 985 g/mol. The molecule has 0 fully saturated rings. The minimum absolute atomic E-state index is 0.0837. The number of hydrogen-bond acceptors (Lipinski definition) is 6. The molecule has 0 aromatic rings. The molecule has 6 nitrogen and oxygen atoms in total. The Morgan fingerprint density at radius 2 is 0.487 bits per heavy atom. The topological polar surface area (TPSA) is 78.9 Å². The number of hydrogen-bond donors (Lipinski definition) is 0. The minimum atomic E-state index is -0.791. The van der Waals surface area contributed by atoms with Crippen LogP contribution in [0.15, 0.2) is 72.9 Å². The van der Waals surface area contributed by atoms with Crippen LogP contribution >= 0.6 is 0 Å². The Hall–Kier alpha value is -3.15. The van der Waals surface area contributed by atoms with Crippen molar-refractivity contribution in [3.63, 3.8) is 0 Å². The van der Waals surface area contributed by atoms with Gasteiger partial charge in [-0.1, -0.05) is 325 Å². The number of allylic oxidation sites excluding steroid dienone is 12. The Bertz CT molecular complexity index is 1470. The number of esters is 3. The van der Waals surface area contributed by atoms with Crippen LogP contribution in [0.5, 0.6) is 0 Å². The molecule has 80 heavy (non-hydrogen) atoms. The maximum Gasteiger partial charge on any atom is 0.306 e. The highest BCUT2D eigenvalue weighted by Gasteiger charge is 2.19. The van der Waals surface area contributed by atoms with Gasteiger partial charge in [0.25, 0.3) is 0 Å². The molecule has 464 valence electrons. The number of unbranched alkanes of at least 4 members (excludes halogenated alkanes) is 41. The average Bonchev–Trinajstić information content (AvgIpc) is 3.46. The van der Waals surface area contributed by atoms with Crippen LogP contribution in [-0.4, -0.2) is 37.2 Å². The lowest BCUT2D eigenvalue weighted by atomic mass is 10.0. The van der Waals surface area contributed by atoms with E-state index in [1.807, 2.05) is 0 Å². The fourth-order valence-corrected chi connectivity index (χ4v) is 10.2. The molecular formula is C74H132O6. The van der Waals surface area contributed by atoms with Gasteiger partial charge in [-0.15, -0.1) is 0 Å². The summed E-state index contributed by atoms with van der Waals surface area (Å²) in [5, 5.41) is 0. The zero-order valence-corrected chi connectivity index (χ0v) is 53.3. The molecule has 0 aliphatic heterocycles. The third-order valence-electron chi connectivity index (χ3n) is 15.4. The predicted molar refractivity (Wildman–Crippen MR) is 348 cm³/mol. The summed E-state index contributed by atoms with van der Waals surface area (Å²) >= 11 is 0. The summed E-state index contributed by atoms with van der Waals surface area (Å²) in [6.07, 6.45) is 89.3. The highest BCUT2D eigenvalue weighted by Crippen LogP contribution is 2.18.